The van der Waals surface area contributed by atoms with Crippen LogP contribution in [-0.2, 0) is 0 Å². The minimum atomic E-state index is 0.901. The molecule has 0 saturated carbocycles. The van der Waals surface area contributed by atoms with Gasteiger partial charge in [-0.2, -0.15) is 0 Å². The molecule has 0 fully saturated rings. The Bertz CT molecular complexity index is 8020. The van der Waals surface area contributed by atoms with Gasteiger partial charge in [0.1, 0.15) is 11.2 Å². The maximum Gasteiger partial charge on any atom is 0.143 e. The molecule has 121 heavy (non-hydrogen) atoms. The van der Waals surface area contributed by atoms with Crippen LogP contribution in [0.25, 0.3) is 193 Å². The third-order valence-corrected chi connectivity index (χ3v) is 26.8. The summed E-state index contributed by atoms with van der Waals surface area (Å²) in [5.74, 6) is 0. The fourth-order valence-corrected chi connectivity index (χ4v) is 21.0. The second-order valence-corrected chi connectivity index (χ2v) is 34.0. The van der Waals surface area contributed by atoms with Gasteiger partial charge in [0.15, 0.2) is 0 Å². The molecule has 4 heterocycles. The Morgan fingerprint density at radius 3 is 1.33 bits per heavy atom. The monoisotopic (exact) mass is 1600 g/mol. The second-order valence-electron chi connectivity index (χ2n) is 30.8. The summed E-state index contributed by atoms with van der Waals surface area (Å²) in [6.45, 7) is 0. The summed E-state index contributed by atoms with van der Waals surface area (Å²) in [6.07, 6.45) is 0. The van der Waals surface area contributed by atoms with E-state index in [2.05, 4.69) is 435 Å². The van der Waals surface area contributed by atoms with Crippen LogP contribution in [0.3, 0.4) is 0 Å². The third-order valence-electron chi connectivity index (χ3n) is 23.3. The van der Waals surface area contributed by atoms with E-state index in [4.69, 9.17) is 4.42 Å². The number of rotatable bonds is 13. The Balaban J connectivity index is 0.000000109. The first kappa shape index (κ1) is 72.5. The Hall–Kier alpha value is -15.0. The van der Waals surface area contributed by atoms with E-state index < -0.39 is 0 Å². The number of benzene rings is 20. The van der Waals surface area contributed by atoms with Crippen molar-refractivity contribution in [3.8, 4) is 77.9 Å². The van der Waals surface area contributed by atoms with Crippen LogP contribution in [0.15, 0.2) is 441 Å². The Labute approximate surface area is 712 Å². The highest BCUT2D eigenvalue weighted by Gasteiger charge is 2.21. The van der Waals surface area contributed by atoms with Crippen LogP contribution in [0.5, 0.6) is 0 Å². The molecule has 20 aromatic carbocycles. The van der Waals surface area contributed by atoms with Gasteiger partial charge in [-0.25, -0.2) is 0 Å². The molecule has 0 saturated heterocycles. The van der Waals surface area contributed by atoms with Crippen LogP contribution in [0.2, 0.25) is 0 Å². The molecule has 24 aromatic rings. The van der Waals surface area contributed by atoms with Crippen molar-refractivity contribution < 1.29 is 4.42 Å². The highest BCUT2D eigenvalue weighted by molar-refractivity contribution is 7.27. The number of thiophene rings is 3. The SMILES string of the molecule is c1ccc(-c2ccc(-c3cc(Nc4ccc5c(c4)sc4ccccc45)cc4c3oc3ccccc34)cc2)cc1.c1ccc(-c2ccc(-c3cc(Nc4cccc(-c5ccccc5)c4)cc4c3sc3cc5ccccc5cc34)cc2)cc1.c1ccc2cc(-c3ccc(Nc4ccc5c(sc6ccccc65)c4-c4cccc5ccccc45)cc3)ccc2c1. The quantitative estimate of drug-likeness (QED) is 0.108. The van der Waals surface area contributed by atoms with Gasteiger partial charge in [-0.3, -0.25) is 0 Å². The van der Waals surface area contributed by atoms with E-state index in [1.165, 1.54) is 160 Å². The molecular weight excluding hydrogens is 1520 g/mol. The van der Waals surface area contributed by atoms with Crippen molar-refractivity contribution in [1.82, 2.24) is 0 Å². The second kappa shape index (κ2) is 31.5. The van der Waals surface area contributed by atoms with Crippen molar-refractivity contribution in [2.75, 3.05) is 16.0 Å². The average molecular weight is 1600 g/mol. The van der Waals surface area contributed by atoms with Crippen molar-refractivity contribution in [1.29, 1.82) is 0 Å². The van der Waals surface area contributed by atoms with Gasteiger partial charge in [0, 0.05) is 122 Å². The van der Waals surface area contributed by atoms with Crippen molar-refractivity contribution >= 4 is 183 Å². The van der Waals surface area contributed by atoms with Gasteiger partial charge in [0.2, 0.25) is 0 Å². The van der Waals surface area contributed by atoms with Gasteiger partial charge in [0.05, 0.1) is 0 Å². The predicted octanol–water partition coefficient (Wildman–Crippen LogP) is 34.4. The Kier molecular flexibility index (Phi) is 18.9. The standard InChI is InChI=1S/C40H27NS.C38H25NS.C36H23NOS/c1-3-10-27(11-4-1)29-18-20-30(21-19-29)36-25-35(41-34-17-9-16-31(22-34)28-12-5-2-6-13-28)26-38-37-23-32-14-7-8-15-33(32)24-39(37)42-40(36)38;1-2-10-28-24-29(17-16-25(28)8-1)26-18-20-30(21-19-26)39-35-23-22-34-32-13-5-6-15-36(32)40-38(34)37(35)33-14-7-11-27-9-3-4-12-31(27)33;1-2-8-23(9-3-1)24-14-16-25(17-15-24)31-20-27(21-32-28-10-4-6-12-33(28)38-36(31)32)37-26-18-19-30-29-11-5-7-13-34(29)39-35(30)22-26/h1-26,41H;1-24,39H;1-22,37H. The molecule has 24 rings (SSSR count). The van der Waals surface area contributed by atoms with Crippen LogP contribution in [-0.4, -0.2) is 0 Å². The summed E-state index contributed by atoms with van der Waals surface area (Å²) in [7, 11) is 0. The van der Waals surface area contributed by atoms with E-state index in [1.54, 1.807) is 0 Å². The summed E-state index contributed by atoms with van der Waals surface area (Å²) in [5, 5.41) is 28.9. The van der Waals surface area contributed by atoms with Crippen LogP contribution in [0.1, 0.15) is 0 Å². The van der Waals surface area contributed by atoms with E-state index in [0.29, 0.717) is 0 Å². The molecule has 4 nitrogen and oxygen atoms in total. The van der Waals surface area contributed by atoms with Crippen LogP contribution >= 0.6 is 34.0 Å². The molecule has 0 aliphatic carbocycles. The van der Waals surface area contributed by atoms with Crippen molar-refractivity contribution in [2.24, 2.45) is 0 Å². The number of furan rings is 1. The van der Waals surface area contributed by atoms with E-state index >= 15 is 0 Å². The summed E-state index contributed by atoms with van der Waals surface area (Å²) in [6, 6.07) is 157. The molecule has 0 bridgehead atoms. The first-order valence-corrected chi connectivity index (χ1v) is 43.4. The van der Waals surface area contributed by atoms with Gasteiger partial charge in [-0.15, -0.1) is 34.0 Å². The van der Waals surface area contributed by atoms with Crippen molar-refractivity contribution in [3.05, 3.63) is 437 Å². The molecule has 4 aromatic heterocycles. The molecular formula is C114H75N3OS3. The number of nitrogens with one attached hydrogen (secondary N) is 3. The number of para-hydroxylation sites is 1. The number of hydrogen-bond acceptors (Lipinski definition) is 7. The lowest BCUT2D eigenvalue weighted by Crippen LogP contribution is -1.94. The summed E-state index contributed by atoms with van der Waals surface area (Å²) < 4.78 is 14.3. The van der Waals surface area contributed by atoms with E-state index in [0.717, 1.165) is 67.2 Å². The predicted molar refractivity (Wildman–Crippen MR) is 525 cm³/mol. The third kappa shape index (κ3) is 14.2. The highest BCUT2D eigenvalue weighted by Crippen LogP contribution is 2.49. The number of hydrogen-bond donors (Lipinski definition) is 3. The average Bonchev–Trinajstić information content (AvgIpc) is 1.57. The molecule has 7 heteroatoms. The smallest absolute Gasteiger partial charge is 0.143 e. The van der Waals surface area contributed by atoms with Crippen LogP contribution < -0.4 is 16.0 Å². The molecule has 0 spiro atoms. The molecule has 0 aliphatic heterocycles. The largest absolute Gasteiger partial charge is 0.455 e. The highest BCUT2D eigenvalue weighted by atomic mass is 32.1. The molecule has 0 radical (unpaired) electrons. The fraction of sp³-hybridized carbons (Fsp3) is 0. The molecule has 570 valence electrons. The van der Waals surface area contributed by atoms with Gasteiger partial charge in [-0.05, 0) is 197 Å². The minimum Gasteiger partial charge on any atom is -0.455 e. The fourth-order valence-electron chi connectivity index (χ4n) is 17.3. The van der Waals surface area contributed by atoms with Gasteiger partial charge in [-0.1, -0.05) is 334 Å². The van der Waals surface area contributed by atoms with Gasteiger partial charge >= 0.3 is 0 Å². The molecule has 0 aliphatic rings. The zero-order valence-corrected chi connectivity index (χ0v) is 68.2. The first-order chi connectivity index (χ1) is 59.9. The maximum absolute atomic E-state index is 6.42. The lowest BCUT2D eigenvalue weighted by Gasteiger charge is -2.16. The zero-order valence-electron chi connectivity index (χ0n) is 65.7. The molecule has 3 N–H and O–H groups in total. The summed E-state index contributed by atoms with van der Waals surface area (Å²) >= 11 is 5.60. The maximum atomic E-state index is 6.42. The van der Waals surface area contributed by atoms with E-state index in [1.807, 2.05) is 52.2 Å². The van der Waals surface area contributed by atoms with Crippen LogP contribution in [0, 0.1) is 0 Å². The molecule has 0 amide bonds. The van der Waals surface area contributed by atoms with Gasteiger partial charge < -0.3 is 20.4 Å². The van der Waals surface area contributed by atoms with E-state index in [9.17, 15) is 0 Å². The Morgan fingerprint density at radius 2 is 0.628 bits per heavy atom. The minimum absolute atomic E-state index is 0.901. The van der Waals surface area contributed by atoms with E-state index in [-0.39, 0.29) is 0 Å². The lowest BCUT2D eigenvalue weighted by molar-refractivity contribution is 0.670. The van der Waals surface area contributed by atoms with Gasteiger partial charge in [0.25, 0.3) is 0 Å². The normalized spacial score (nSPS) is 11.5. The first-order valence-electron chi connectivity index (χ1n) is 41.0. The lowest BCUT2D eigenvalue weighted by atomic mass is 9.95. The topological polar surface area (TPSA) is 49.2 Å². The van der Waals surface area contributed by atoms with Crippen molar-refractivity contribution in [3.63, 3.8) is 0 Å². The van der Waals surface area contributed by atoms with Crippen molar-refractivity contribution in [2.45, 2.75) is 0 Å². The summed E-state index contributed by atoms with van der Waals surface area (Å²) in [5.41, 5.74) is 25.2. The summed E-state index contributed by atoms with van der Waals surface area (Å²) in [4.78, 5) is 0. The molecule has 0 atom stereocenters. The van der Waals surface area contributed by atoms with Crippen LogP contribution in [0.4, 0.5) is 34.1 Å². The zero-order chi connectivity index (χ0) is 80.1. The number of fused-ring (bicyclic) bond motifs is 15. The Morgan fingerprint density at radius 1 is 0.182 bits per heavy atom. The molecule has 0 unspecified atom stereocenters. The number of anilines is 6.